The molecule has 4 aliphatic rings. The summed E-state index contributed by atoms with van der Waals surface area (Å²) < 4.78 is 18.1. The Labute approximate surface area is 219 Å². The van der Waals surface area contributed by atoms with E-state index in [1.165, 1.54) is 12.1 Å². The van der Waals surface area contributed by atoms with Crippen LogP contribution in [0.15, 0.2) is 54.6 Å². The molecule has 0 radical (unpaired) electrons. The Morgan fingerprint density at radius 1 is 1.18 bits per heavy atom. The van der Waals surface area contributed by atoms with E-state index < -0.39 is 28.3 Å². The van der Waals surface area contributed by atoms with Crippen LogP contribution in [0, 0.1) is 39.7 Å². The number of carbonyl (C=O) groups excluding carboxylic acids is 1. The highest BCUT2D eigenvalue weighted by molar-refractivity contribution is 5.93. The molecule has 1 saturated heterocycles. The number of allylic oxidation sites excluding steroid dienone is 2. The van der Waals surface area contributed by atoms with Gasteiger partial charge in [0.1, 0.15) is 36.2 Å². The molecule has 6 rings (SSSR count). The summed E-state index contributed by atoms with van der Waals surface area (Å²) in [5, 5.41) is 20.2. The van der Waals surface area contributed by atoms with E-state index in [-0.39, 0.29) is 31.4 Å². The average molecular weight is 513 g/mol. The van der Waals surface area contributed by atoms with E-state index >= 15 is 0 Å². The molecule has 4 atom stereocenters. The summed E-state index contributed by atoms with van der Waals surface area (Å²) in [6, 6.07) is 10.7. The zero-order valence-corrected chi connectivity index (χ0v) is 20.4. The van der Waals surface area contributed by atoms with Gasteiger partial charge in [-0.05, 0) is 67.3 Å². The number of aliphatic hydroxyl groups is 1. The highest BCUT2D eigenvalue weighted by atomic mass is 16.6. The molecule has 1 unspecified atom stereocenters. The smallest absolute Gasteiger partial charge is 0.415 e. The van der Waals surface area contributed by atoms with Gasteiger partial charge >= 0.3 is 6.09 Å². The van der Waals surface area contributed by atoms with Gasteiger partial charge in [-0.1, -0.05) is 23.7 Å². The van der Waals surface area contributed by atoms with Gasteiger partial charge in [-0.25, -0.2) is 4.79 Å². The number of amides is 1. The van der Waals surface area contributed by atoms with Crippen LogP contribution in [0.4, 0.5) is 16.2 Å². The van der Waals surface area contributed by atoms with Crippen LogP contribution >= 0.6 is 0 Å². The Morgan fingerprint density at radius 2 is 1.97 bits per heavy atom. The van der Waals surface area contributed by atoms with E-state index in [9.17, 15) is 20.0 Å². The summed E-state index contributed by atoms with van der Waals surface area (Å²) >= 11 is 0. The predicted molar refractivity (Wildman–Crippen MR) is 136 cm³/mol. The molecule has 0 spiro atoms. The van der Waals surface area contributed by atoms with Crippen LogP contribution in [0.2, 0.25) is 0 Å². The third-order valence-corrected chi connectivity index (χ3v) is 7.58. The first-order valence-electron chi connectivity index (χ1n) is 12.4. The maximum Gasteiger partial charge on any atom is 0.415 e. The number of nitrogens with zero attached hydrogens (tertiary/aromatic N) is 2. The van der Waals surface area contributed by atoms with Crippen molar-refractivity contribution in [2.75, 3.05) is 18.1 Å². The van der Waals surface area contributed by atoms with Crippen LogP contribution in [-0.4, -0.2) is 41.0 Å². The molecule has 2 aromatic carbocycles. The Balaban J connectivity index is 1.40. The number of ether oxygens (including phenoxy) is 3. The summed E-state index contributed by atoms with van der Waals surface area (Å²) in [5.74, 6) is 13.2. The van der Waals surface area contributed by atoms with Crippen molar-refractivity contribution in [1.29, 1.82) is 0 Å². The van der Waals surface area contributed by atoms with E-state index in [1.54, 1.807) is 41.3 Å². The van der Waals surface area contributed by atoms with Crippen LogP contribution in [-0.2, 0) is 21.7 Å². The number of hydrogen-bond donors (Lipinski definition) is 1. The van der Waals surface area contributed by atoms with E-state index in [1.807, 2.05) is 6.07 Å². The molecular weight excluding hydrogens is 488 g/mol. The van der Waals surface area contributed by atoms with Crippen LogP contribution < -0.4 is 9.64 Å². The van der Waals surface area contributed by atoms with Crippen molar-refractivity contribution in [2.45, 2.75) is 43.1 Å². The van der Waals surface area contributed by atoms with Gasteiger partial charge in [-0.15, -0.1) is 0 Å². The van der Waals surface area contributed by atoms with Gasteiger partial charge in [0.25, 0.3) is 5.69 Å². The molecule has 4 bridgehead atoms. The van der Waals surface area contributed by atoms with Crippen molar-refractivity contribution in [3.8, 4) is 29.4 Å². The number of fused-ring (bicyclic) bond motifs is 1. The molecule has 1 N–H and O–H groups in total. The minimum absolute atomic E-state index is 0.0367. The second-order valence-electron chi connectivity index (χ2n) is 9.58. The van der Waals surface area contributed by atoms with Crippen LogP contribution in [0.1, 0.15) is 30.4 Å². The van der Waals surface area contributed by atoms with Gasteiger partial charge in [-0.3, -0.25) is 15.0 Å². The van der Waals surface area contributed by atoms with Crippen LogP contribution in [0.3, 0.4) is 0 Å². The molecule has 2 aliphatic carbocycles. The van der Waals surface area contributed by atoms with Gasteiger partial charge in [0, 0.05) is 17.7 Å². The number of nitro groups is 1. The minimum Gasteiger partial charge on any atom is -0.491 e. The Hall–Kier alpha value is -4.31. The number of nitro benzene ring substituents is 1. The van der Waals surface area contributed by atoms with Gasteiger partial charge < -0.3 is 19.3 Å². The minimum atomic E-state index is -0.738. The molecule has 1 amide bonds. The maximum atomic E-state index is 13.7. The topological polar surface area (TPSA) is 115 Å². The van der Waals surface area contributed by atoms with E-state index in [0.29, 0.717) is 23.4 Å². The second-order valence-corrected chi connectivity index (χ2v) is 9.58. The summed E-state index contributed by atoms with van der Waals surface area (Å²) in [7, 11) is 0. The van der Waals surface area contributed by atoms with Crippen molar-refractivity contribution >= 4 is 17.5 Å². The maximum absolute atomic E-state index is 13.7. The number of benzene rings is 2. The normalized spacial score (nSPS) is 28.2. The van der Waals surface area contributed by atoms with Crippen molar-refractivity contribution in [3.63, 3.8) is 0 Å². The number of non-ortho nitro benzene ring substituents is 1. The monoisotopic (exact) mass is 512 g/mol. The SMILES string of the molecule is O=C(OCc1ccc([N+](=O)[O-])cc1)N1c2ccc(OCCO)cc2C23O[C@]24CCC[C@@H]3C#C/C=C\C#C[C@H]14. The Morgan fingerprint density at radius 3 is 2.74 bits per heavy atom. The third-order valence-electron chi connectivity index (χ3n) is 7.58. The van der Waals surface area contributed by atoms with Crippen molar-refractivity contribution in [2.24, 2.45) is 5.92 Å². The number of rotatable bonds is 6. The highest BCUT2D eigenvalue weighted by Gasteiger charge is 2.81. The molecule has 2 aliphatic heterocycles. The first-order chi connectivity index (χ1) is 18.5. The number of anilines is 1. The van der Waals surface area contributed by atoms with E-state index in [0.717, 1.165) is 18.4 Å². The molecular formula is C29H24N2O7. The van der Waals surface area contributed by atoms with E-state index in [2.05, 4.69) is 23.7 Å². The van der Waals surface area contributed by atoms with Crippen molar-refractivity contribution < 1.29 is 29.0 Å². The summed E-state index contributed by atoms with van der Waals surface area (Å²) in [4.78, 5) is 25.7. The molecule has 9 nitrogen and oxygen atoms in total. The first kappa shape index (κ1) is 24.1. The van der Waals surface area contributed by atoms with Crippen molar-refractivity contribution in [1.82, 2.24) is 0 Å². The lowest BCUT2D eigenvalue weighted by molar-refractivity contribution is -0.384. The molecule has 38 heavy (non-hydrogen) atoms. The fourth-order valence-electron chi connectivity index (χ4n) is 5.97. The Kier molecular flexibility index (Phi) is 5.83. The Bertz CT molecular complexity index is 1460. The zero-order valence-electron chi connectivity index (χ0n) is 20.4. The quantitative estimate of drug-likeness (QED) is 0.271. The molecule has 0 aromatic heterocycles. The second kappa shape index (κ2) is 9.21. The average Bonchev–Trinajstić information content (AvgIpc) is 3.65. The molecule has 9 heteroatoms. The van der Waals surface area contributed by atoms with Gasteiger partial charge in [0.15, 0.2) is 0 Å². The van der Waals surface area contributed by atoms with E-state index in [4.69, 9.17) is 14.2 Å². The fourth-order valence-corrected chi connectivity index (χ4v) is 5.97. The lowest BCUT2D eigenvalue weighted by Gasteiger charge is -2.43. The predicted octanol–water partition coefficient (Wildman–Crippen LogP) is 3.83. The first-order valence-corrected chi connectivity index (χ1v) is 12.4. The molecule has 2 heterocycles. The van der Waals surface area contributed by atoms with Crippen LogP contribution in [0.25, 0.3) is 0 Å². The highest BCUT2D eigenvalue weighted by Crippen LogP contribution is 2.72. The number of epoxide rings is 1. The lowest BCUT2D eigenvalue weighted by atomic mass is 9.64. The molecule has 2 fully saturated rings. The summed E-state index contributed by atoms with van der Waals surface area (Å²) in [6.45, 7) is -0.0454. The number of carbonyl (C=O) groups is 1. The lowest BCUT2D eigenvalue weighted by Crippen LogP contribution is -2.57. The summed E-state index contributed by atoms with van der Waals surface area (Å²) in [5.41, 5.74) is 0.522. The number of hydrogen-bond acceptors (Lipinski definition) is 7. The van der Waals surface area contributed by atoms with Gasteiger partial charge in [0.05, 0.1) is 23.1 Å². The third kappa shape index (κ3) is 3.63. The van der Waals surface area contributed by atoms with Gasteiger partial charge in [0.2, 0.25) is 0 Å². The van der Waals surface area contributed by atoms with Crippen LogP contribution in [0.5, 0.6) is 5.75 Å². The standard InChI is InChI=1S/C29H24N2O7/c32-16-17-36-23-13-14-25-24(18-23)29-21-6-3-1-2-4-8-26(28(29,38-29)15-5-7-21)30(25)27(33)37-19-20-9-11-22(12-10-20)31(34)35/h1-2,9-14,18,21,26,32H,5,7,15-17,19H2/b2-1-/t21-,26-,28-,29?/m0/s1. The largest absolute Gasteiger partial charge is 0.491 e. The molecule has 1 saturated carbocycles. The summed E-state index contributed by atoms with van der Waals surface area (Å²) in [6.07, 6.45) is 5.24. The van der Waals surface area contributed by atoms with Crippen molar-refractivity contribution in [3.05, 3.63) is 75.9 Å². The molecule has 192 valence electrons. The fraction of sp³-hybridized carbons (Fsp3) is 0.345. The molecule has 2 aromatic rings. The number of aliphatic hydroxyl groups excluding tert-OH is 1. The zero-order chi connectivity index (χ0) is 26.3. The van der Waals surface area contributed by atoms with Gasteiger partial charge in [-0.2, -0.15) is 0 Å².